The molecule has 2 atom stereocenters. The summed E-state index contributed by atoms with van der Waals surface area (Å²) in [4.78, 5) is 52.7. The Morgan fingerprint density at radius 1 is 0.824 bits per heavy atom. The molecule has 1 heterocycles. The van der Waals surface area contributed by atoms with Gasteiger partial charge in [0.2, 0.25) is 6.10 Å². The number of esters is 1. The van der Waals surface area contributed by atoms with E-state index in [9.17, 15) is 19.2 Å². The van der Waals surface area contributed by atoms with Crippen LogP contribution in [0.2, 0.25) is 0 Å². The summed E-state index contributed by atoms with van der Waals surface area (Å²) in [6, 6.07) is 19.4. The second-order valence-electron chi connectivity index (χ2n) is 8.30. The van der Waals surface area contributed by atoms with Gasteiger partial charge in [0.1, 0.15) is 6.04 Å². The topological polar surface area (TPSA) is 92.8 Å². The third-order valence-corrected chi connectivity index (χ3v) is 5.62. The smallest absolute Gasteiger partial charge is 0.330 e. The minimum absolute atomic E-state index is 0.235. The highest BCUT2D eigenvalue weighted by molar-refractivity contribution is 6.22. The van der Waals surface area contributed by atoms with Crippen molar-refractivity contribution in [3.05, 3.63) is 101 Å². The summed E-state index contributed by atoms with van der Waals surface area (Å²) in [5, 5.41) is 2.80. The minimum Gasteiger partial charge on any atom is -0.446 e. The van der Waals surface area contributed by atoms with Gasteiger partial charge in [-0.25, -0.2) is 4.79 Å². The van der Waals surface area contributed by atoms with Crippen LogP contribution in [-0.2, 0) is 14.3 Å². The number of imide groups is 1. The number of hydrogen-bond donors (Lipinski definition) is 1. The van der Waals surface area contributed by atoms with Crippen molar-refractivity contribution < 1.29 is 23.9 Å². The van der Waals surface area contributed by atoms with Crippen LogP contribution in [-0.4, -0.2) is 34.6 Å². The molecule has 0 aromatic heterocycles. The standard InChI is InChI=1S/C27H24N2O5/c1-16-13-17(2)15-20(14-16)28-24(30)23(19-9-5-4-6-10-19)34-27(33)18(3)29-25(31)21-11-7-8-12-22(21)26(29)32/h4-15,18,23H,1-3H3,(H,28,30)/t18-,23-/m0/s1. The van der Waals surface area contributed by atoms with E-state index in [0.717, 1.165) is 16.0 Å². The van der Waals surface area contributed by atoms with Crippen molar-refractivity contribution in [1.82, 2.24) is 4.90 Å². The fraction of sp³-hybridized carbons (Fsp3) is 0.185. The molecule has 0 saturated heterocycles. The summed E-state index contributed by atoms with van der Waals surface area (Å²) >= 11 is 0. The summed E-state index contributed by atoms with van der Waals surface area (Å²) in [6.07, 6.45) is -1.27. The molecular weight excluding hydrogens is 432 g/mol. The average molecular weight is 456 g/mol. The predicted octanol–water partition coefficient (Wildman–Crippen LogP) is 4.21. The monoisotopic (exact) mass is 456 g/mol. The molecule has 0 radical (unpaired) electrons. The molecule has 34 heavy (non-hydrogen) atoms. The molecule has 7 heteroatoms. The molecule has 1 aliphatic rings. The molecule has 0 spiro atoms. The fourth-order valence-corrected chi connectivity index (χ4v) is 4.04. The van der Waals surface area contributed by atoms with Gasteiger partial charge in [0.05, 0.1) is 11.1 Å². The van der Waals surface area contributed by atoms with Gasteiger partial charge in [-0.1, -0.05) is 48.5 Å². The minimum atomic E-state index is -1.27. The lowest BCUT2D eigenvalue weighted by atomic mass is 10.1. The molecule has 0 saturated carbocycles. The van der Waals surface area contributed by atoms with E-state index < -0.39 is 35.8 Å². The van der Waals surface area contributed by atoms with Gasteiger partial charge in [0.15, 0.2) is 0 Å². The summed E-state index contributed by atoms with van der Waals surface area (Å²) in [7, 11) is 0. The molecule has 0 fully saturated rings. The number of nitrogens with one attached hydrogen (secondary N) is 1. The maximum atomic E-state index is 13.2. The van der Waals surface area contributed by atoms with E-state index in [1.54, 1.807) is 42.5 Å². The second-order valence-corrected chi connectivity index (χ2v) is 8.30. The van der Waals surface area contributed by atoms with E-state index in [1.165, 1.54) is 19.1 Å². The average Bonchev–Trinajstić information content (AvgIpc) is 3.06. The van der Waals surface area contributed by atoms with Crippen molar-refractivity contribution in [1.29, 1.82) is 0 Å². The van der Waals surface area contributed by atoms with E-state index in [-0.39, 0.29) is 11.1 Å². The van der Waals surface area contributed by atoms with Crippen molar-refractivity contribution >= 4 is 29.4 Å². The first kappa shape index (κ1) is 22.9. The molecule has 0 aliphatic carbocycles. The number of nitrogens with zero attached hydrogens (tertiary/aromatic N) is 1. The Balaban J connectivity index is 1.57. The van der Waals surface area contributed by atoms with Crippen LogP contribution >= 0.6 is 0 Å². The lowest BCUT2D eigenvalue weighted by molar-refractivity contribution is -0.158. The second kappa shape index (κ2) is 9.31. The fourth-order valence-electron chi connectivity index (χ4n) is 4.04. The summed E-state index contributed by atoms with van der Waals surface area (Å²) < 4.78 is 5.60. The van der Waals surface area contributed by atoms with E-state index in [4.69, 9.17) is 4.74 Å². The van der Waals surface area contributed by atoms with Crippen LogP contribution in [0.5, 0.6) is 0 Å². The lowest BCUT2D eigenvalue weighted by Crippen LogP contribution is -2.44. The normalized spacial score (nSPS) is 14.4. The Hall–Kier alpha value is -4.26. The molecule has 1 aliphatic heterocycles. The molecule has 3 aromatic rings. The molecule has 4 rings (SSSR count). The summed E-state index contributed by atoms with van der Waals surface area (Å²) in [6.45, 7) is 5.25. The number of amides is 3. The lowest BCUT2D eigenvalue weighted by Gasteiger charge is -2.24. The maximum Gasteiger partial charge on any atom is 0.330 e. The van der Waals surface area contributed by atoms with Gasteiger partial charge in [-0.2, -0.15) is 0 Å². The SMILES string of the molecule is Cc1cc(C)cc(NC(=O)[C@@H](OC(=O)[C@H](C)N2C(=O)c3ccccc3C2=O)c2ccccc2)c1. The molecule has 7 nitrogen and oxygen atoms in total. The zero-order valence-electron chi connectivity index (χ0n) is 19.1. The van der Waals surface area contributed by atoms with Crippen LogP contribution in [0.3, 0.4) is 0 Å². The van der Waals surface area contributed by atoms with Crippen LogP contribution in [0, 0.1) is 13.8 Å². The van der Waals surface area contributed by atoms with Crippen molar-refractivity contribution in [3.8, 4) is 0 Å². The molecule has 1 N–H and O–H groups in total. The van der Waals surface area contributed by atoms with Crippen LogP contribution in [0.25, 0.3) is 0 Å². The molecule has 0 unspecified atom stereocenters. The van der Waals surface area contributed by atoms with Crippen LogP contribution in [0.4, 0.5) is 5.69 Å². The van der Waals surface area contributed by atoms with Crippen molar-refractivity contribution in [3.63, 3.8) is 0 Å². The van der Waals surface area contributed by atoms with Crippen LogP contribution < -0.4 is 5.32 Å². The van der Waals surface area contributed by atoms with Crippen molar-refractivity contribution in [2.24, 2.45) is 0 Å². The Morgan fingerprint density at radius 2 is 1.35 bits per heavy atom. The summed E-state index contributed by atoms with van der Waals surface area (Å²) in [5.41, 5.74) is 3.46. The largest absolute Gasteiger partial charge is 0.446 e. The third kappa shape index (κ3) is 4.45. The van der Waals surface area contributed by atoms with Crippen molar-refractivity contribution in [2.45, 2.75) is 32.9 Å². The number of carbonyl (C=O) groups is 4. The van der Waals surface area contributed by atoms with E-state index in [2.05, 4.69) is 5.32 Å². The van der Waals surface area contributed by atoms with Gasteiger partial charge in [-0.05, 0) is 56.2 Å². The molecule has 3 amide bonds. The Bertz CT molecular complexity index is 1230. The van der Waals surface area contributed by atoms with Gasteiger partial charge in [0, 0.05) is 11.3 Å². The number of rotatable bonds is 6. The number of carbonyl (C=O) groups excluding carboxylic acids is 4. The number of aryl methyl sites for hydroxylation is 2. The molecule has 3 aromatic carbocycles. The number of ether oxygens (including phenoxy) is 1. The summed E-state index contributed by atoms with van der Waals surface area (Å²) in [5.74, 6) is -2.54. The number of benzene rings is 3. The number of fused-ring (bicyclic) bond motifs is 1. The Morgan fingerprint density at radius 3 is 1.91 bits per heavy atom. The highest BCUT2D eigenvalue weighted by atomic mass is 16.5. The predicted molar refractivity (Wildman–Crippen MR) is 126 cm³/mol. The van der Waals surface area contributed by atoms with Gasteiger partial charge in [0.25, 0.3) is 17.7 Å². The quantitative estimate of drug-likeness (QED) is 0.443. The first-order valence-electron chi connectivity index (χ1n) is 10.9. The van der Waals surface area contributed by atoms with Gasteiger partial charge >= 0.3 is 5.97 Å². The Kier molecular flexibility index (Phi) is 6.27. The molecular formula is C27H24N2O5. The zero-order valence-corrected chi connectivity index (χ0v) is 19.1. The number of hydrogen-bond acceptors (Lipinski definition) is 5. The van der Waals surface area contributed by atoms with Crippen molar-refractivity contribution in [2.75, 3.05) is 5.32 Å². The number of anilines is 1. The van der Waals surface area contributed by atoms with Gasteiger partial charge in [-0.15, -0.1) is 0 Å². The Labute approximate surface area is 197 Å². The van der Waals surface area contributed by atoms with Crippen LogP contribution in [0.1, 0.15) is 50.4 Å². The van der Waals surface area contributed by atoms with Gasteiger partial charge in [-0.3, -0.25) is 19.3 Å². The van der Waals surface area contributed by atoms with Crippen LogP contribution in [0.15, 0.2) is 72.8 Å². The van der Waals surface area contributed by atoms with E-state index >= 15 is 0 Å². The molecule has 172 valence electrons. The van der Waals surface area contributed by atoms with Gasteiger partial charge < -0.3 is 10.1 Å². The third-order valence-electron chi connectivity index (χ3n) is 5.62. The first-order chi connectivity index (χ1) is 16.3. The maximum absolute atomic E-state index is 13.2. The van der Waals surface area contributed by atoms with E-state index in [1.807, 2.05) is 32.0 Å². The highest BCUT2D eigenvalue weighted by Gasteiger charge is 2.42. The zero-order chi connectivity index (χ0) is 24.4. The highest BCUT2D eigenvalue weighted by Crippen LogP contribution is 2.27. The first-order valence-corrected chi connectivity index (χ1v) is 10.9. The van der Waals surface area contributed by atoms with E-state index in [0.29, 0.717) is 11.3 Å². The molecule has 0 bridgehead atoms.